The van der Waals surface area contributed by atoms with Crippen molar-refractivity contribution in [2.45, 2.75) is 0 Å². The zero-order chi connectivity index (χ0) is 15.9. The number of esters is 1. The Labute approximate surface area is 128 Å². The van der Waals surface area contributed by atoms with Crippen molar-refractivity contribution in [2.24, 2.45) is 0 Å². The maximum atomic E-state index is 11.9. The molecule has 0 bridgehead atoms. The number of anilines is 2. The van der Waals surface area contributed by atoms with Crippen LogP contribution in [0.2, 0.25) is 0 Å². The highest BCUT2D eigenvalue weighted by molar-refractivity contribution is 6.00. The number of nitrogens with one attached hydrogen (secondary N) is 2. The maximum Gasteiger partial charge on any atom is 0.337 e. The minimum atomic E-state index is -0.459. The highest BCUT2D eigenvalue weighted by atomic mass is 16.5. The molecule has 0 radical (unpaired) electrons. The fraction of sp³-hybridized carbons (Fsp3) is 0.125. The molecule has 6 nitrogen and oxygen atoms in total. The second kappa shape index (κ2) is 7.12. The summed E-state index contributed by atoms with van der Waals surface area (Å²) in [6, 6.07) is 13.0. The number of rotatable bonds is 4. The molecule has 0 unspecified atom stereocenters. The molecule has 0 fully saturated rings. The Balaban J connectivity index is 2.00. The molecule has 114 valence electrons. The first-order chi connectivity index (χ1) is 10.6. The van der Waals surface area contributed by atoms with Crippen molar-refractivity contribution in [2.75, 3.05) is 24.9 Å². The molecule has 0 saturated carbocycles. The van der Waals surface area contributed by atoms with Crippen LogP contribution in [0.5, 0.6) is 5.75 Å². The summed E-state index contributed by atoms with van der Waals surface area (Å²) in [5.74, 6) is 0.246. The summed E-state index contributed by atoms with van der Waals surface area (Å²) < 4.78 is 9.68. The fourth-order valence-corrected chi connectivity index (χ4v) is 1.81. The van der Waals surface area contributed by atoms with E-state index in [4.69, 9.17) is 4.74 Å². The predicted octanol–water partition coefficient (Wildman–Crippen LogP) is 3.13. The summed E-state index contributed by atoms with van der Waals surface area (Å²) in [7, 11) is 2.88. The highest BCUT2D eigenvalue weighted by Crippen LogP contribution is 2.16. The number of methoxy groups -OCH3 is 2. The Kier molecular flexibility index (Phi) is 4.98. The van der Waals surface area contributed by atoms with Crippen molar-refractivity contribution in [1.29, 1.82) is 0 Å². The normalized spacial score (nSPS) is 9.73. The highest BCUT2D eigenvalue weighted by Gasteiger charge is 2.08. The first-order valence-corrected chi connectivity index (χ1v) is 6.53. The minimum absolute atomic E-state index is 0.366. The fourth-order valence-electron chi connectivity index (χ4n) is 1.81. The molecule has 0 aromatic heterocycles. The van der Waals surface area contributed by atoms with Gasteiger partial charge in [0.2, 0.25) is 0 Å². The lowest BCUT2D eigenvalue weighted by molar-refractivity contribution is 0.0600. The van der Waals surface area contributed by atoms with Gasteiger partial charge >= 0.3 is 12.0 Å². The predicted molar refractivity (Wildman–Crippen MR) is 83.4 cm³/mol. The minimum Gasteiger partial charge on any atom is -0.497 e. The second-order valence-corrected chi connectivity index (χ2v) is 4.38. The summed E-state index contributed by atoms with van der Waals surface area (Å²) in [6.07, 6.45) is 0. The van der Waals surface area contributed by atoms with E-state index in [0.717, 1.165) is 0 Å². The van der Waals surface area contributed by atoms with E-state index in [1.807, 2.05) is 0 Å². The summed E-state index contributed by atoms with van der Waals surface area (Å²) in [6.45, 7) is 0. The standard InChI is InChI=1S/C16H16N2O4/c1-21-14-8-6-12(7-9-14)17-16(20)18-13-5-3-4-11(10-13)15(19)22-2/h3-10H,1-2H3,(H2,17,18,20). The third-order valence-electron chi connectivity index (χ3n) is 2.89. The van der Waals surface area contributed by atoms with E-state index < -0.39 is 12.0 Å². The largest absolute Gasteiger partial charge is 0.497 e. The number of ether oxygens (including phenoxy) is 2. The van der Waals surface area contributed by atoms with Gasteiger partial charge in [0.25, 0.3) is 0 Å². The first kappa shape index (κ1) is 15.4. The summed E-state index contributed by atoms with van der Waals surface area (Å²) in [5.41, 5.74) is 1.49. The molecule has 0 heterocycles. The van der Waals surface area contributed by atoms with Crippen LogP contribution < -0.4 is 15.4 Å². The van der Waals surface area contributed by atoms with Crippen LogP contribution in [0.25, 0.3) is 0 Å². The lowest BCUT2D eigenvalue weighted by Crippen LogP contribution is -2.19. The van der Waals surface area contributed by atoms with E-state index in [2.05, 4.69) is 15.4 Å². The van der Waals surface area contributed by atoms with Crippen LogP contribution >= 0.6 is 0 Å². The van der Waals surface area contributed by atoms with Gasteiger partial charge in [0.1, 0.15) is 5.75 Å². The molecule has 0 atom stereocenters. The van der Waals surface area contributed by atoms with Gasteiger partial charge in [-0.2, -0.15) is 0 Å². The molecule has 0 aliphatic carbocycles. The van der Waals surface area contributed by atoms with E-state index in [9.17, 15) is 9.59 Å². The molecule has 2 aromatic rings. The van der Waals surface area contributed by atoms with Gasteiger partial charge in [-0.25, -0.2) is 9.59 Å². The van der Waals surface area contributed by atoms with Crippen molar-refractivity contribution >= 4 is 23.4 Å². The number of hydrogen-bond donors (Lipinski definition) is 2. The molecular formula is C16H16N2O4. The van der Waals surface area contributed by atoms with Gasteiger partial charge < -0.3 is 20.1 Å². The van der Waals surface area contributed by atoms with Gasteiger partial charge in [0.05, 0.1) is 19.8 Å². The van der Waals surface area contributed by atoms with E-state index in [0.29, 0.717) is 22.7 Å². The zero-order valence-electron chi connectivity index (χ0n) is 12.3. The number of hydrogen-bond acceptors (Lipinski definition) is 4. The van der Waals surface area contributed by atoms with Crippen LogP contribution in [0.15, 0.2) is 48.5 Å². The Hall–Kier alpha value is -3.02. The van der Waals surface area contributed by atoms with Crippen molar-refractivity contribution in [1.82, 2.24) is 0 Å². The van der Waals surface area contributed by atoms with Crippen LogP contribution in [-0.2, 0) is 4.74 Å². The van der Waals surface area contributed by atoms with Crippen molar-refractivity contribution in [3.05, 3.63) is 54.1 Å². The molecule has 2 N–H and O–H groups in total. The Morgan fingerprint density at radius 2 is 1.59 bits per heavy atom. The van der Waals surface area contributed by atoms with Crippen LogP contribution in [0.1, 0.15) is 10.4 Å². The third kappa shape index (κ3) is 3.99. The van der Waals surface area contributed by atoms with Crippen molar-refractivity contribution < 1.29 is 19.1 Å². The summed E-state index contributed by atoms with van der Waals surface area (Å²) in [5, 5.41) is 5.33. The smallest absolute Gasteiger partial charge is 0.337 e. The molecule has 0 saturated heterocycles. The van der Waals surface area contributed by atoms with Gasteiger partial charge in [0, 0.05) is 11.4 Å². The van der Waals surface area contributed by atoms with Crippen LogP contribution in [0.4, 0.5) is 16.2 Å². The van der Waals surface area contributed by atoms with E-state index >= 15 is 0 Å². The number of benzene rings is 2. The lowest BCUT2D eigenvalue weighted by atomic mass is 10.2. The Morgan fingerprint density at radius 1 is 0.909 bits per heavy atom. The average molecular weight is 300 g/mol. The topological polar surface area (TPSA) is 76.7 Å². The monoisotopic (exact) mass is 300 g/mol. The van der Waals surface area contributed by atoms with Crippen LogP contribution in [-0.4, -0.2) is 26.2 Å². The van der Waals surface area contributed by atoms with Gasteiger partial charge in [-0.05, 0) is 42.5 Å². The molecule has 22 heavy (non-hydrogen) atoms. The van der Waals surface area contributed by atoms with Crippen LogP contribution in [0.3, 0.4) is 0 Å². The SMILES string of the molecule is COC(=O)c1cccc(NC(=O)Nc2ccc(OC)cc2)c1. The maximum absolute atomic E-state index is 11.9. The quantitative estimate of drug-likeness (QED) is 0.850. The lowest BCUT2D eigenvalue weighted by Gasteiger charge is -2.09. The second-order valence-electron chi connectivity index (χ2n) is 4.38. The van der Waals surface area contributed by atoms with Gasteiger partial charge in [0.15, 0.2) is 0 Å². The van der Waals surface area contributed by atoms with Gasteiger partial charge in [-0.15, -0.1) is 0 Å². The van der Waals surface area contributed by atoms with Gasteiger partial charge in [-0.3, -0.25) is 0 Å². The molecule has 2 amide bonds. The molecule has 2 aromatic carbocycles. The molecule has 0 aliphatic rings. The Bertz CT molecular complexity index is 668. The molecule has 0 spiro atoms. The summed E-state index contributed by atoms with van der Waals surface area (Å²) in [4.78, 5) is 23.4. The van der Waals surface area contributed by atoms with Crippen LogP contribution in [0, 0.1) is 0 Å². The third-order valence-corrected chi connectivity index (χ3v) is 2.89. The molecule has 0 aliphatic heterocycles. The average Bonchev–Trinajstić information content (AvgIpc) is 2.55. The van der Waals surface area contributed by atoms with E-state index in [-0.39, 0.29) is 0 Å². The number of carbonyl (C=O) groups is 2. The van der Waals surface area contributed by atoms with E-state index in [1.54, 1.807) is 55.6 Å². The first-order valence-electron chi connectivity index (χ1n) is 6.53. The Morgan fingerprint density at radius 3 is 2.23 bits per heavy atom. The van der Waals surface area contributed by atoms with E-state index in [1.165, 1.54) is 7.11 Å². The number of carbonyl (C=O) groups excluding carboxylic acids is 2. The molecule has 6 heteroatoms. The zero-order valence-corrected chi connectivity index (χ0v) is 12.3. The number of amides is 2. The van der Waals surface area contributed by atoms with Gasteiger partial charge in [-0.1, -0.05) is 6.07 Å². The number of urea groups is 1. The molecular weight excluding hydrogens is 284 g/mol. The summed E-state index contributed by atoms with van der Waals surface area (Å²) >= 11 is 0. The van der Waals surface area contributed by atoms with Crippen molar-refractivity contribution in [3.63, 3.8) is 0 Å². The van der Waals surface area contributed by atoms with Crippen molar-refractivity contribution in [3.8, 4) is 5.75 Å². The molecule has 2 rings (SSSR count).